The van der Waals surface area contributed by atoms with Crippen molar-refractivity contribution in [3.8, 4) is 0 Å². The molecule has 1 heterocycles. The highest BCUT2D eigenvalue weighted by Gasteiger charge is 2.39. The van der Waals surface area contributed by atoms with Crippen molar-refractivity contribution >= 4 is 5.91 Å². The van der Waals surface area contributed by atoms with Gasteiger partial charge in [0.1, 0.15) is 6.04 Å². The number of nitrogens with one attached hydrogen (secondary N) is 1. The van der Waals surface area contributed by atoms with E-state index >= 15 is 0 Å². The third kappa shape index (κ3) is 3.26. The van der Waals surface area contributed by atoms with E-state index in [9.17, 15) is 18.0 Å². The van der Waals surface area contributed by atoms with Gasteiger partial charge in [0.2, 0.25) is 5.91 Å². The van der Waals surface area contributed by atoms with Gasteiger partial charge in [-0.2, -0.15) is 13.2 Å². The van der Waals surface area contributed by atoms with E-state index in [2.05, 4.69) is 5.32 Å². The van der Waals surface area contributed by atoms with Crippen LogP contribution in [0.4, 0.5) is 13.2 Å². The average molecular weight is 272 g/mol. The first-order valence-electron chi connectivity index (χ1n) is 6.07. The first kappa shape index (κ1) is 13.9. The van der Waals surface area contributed by atoms with Crippen LogP contribution in [-0.4, -0.2) is 29.7 Å². The van der Waals surface area contributed by atoms with Crippen LogP contribution in [-0.2, 0) is 4.79 Å². The highest BCUT2D eigenvalue weighted by atomic mass is 19.4. The van der Waals surface area contributed by atoms with Crippen molar-refractivity contribution in [1.82, 2.24) is 10.2 Å². The van der Waals surface area contributed by atoms with E-state index in [1.165, 1.54) is 4.90 Å². The molecule has 3 nitrogen and oxygen atoms in total. The van der Waals surface area contributed by atoms with Crippen LogP contribution in [0, 0.1) is 0 Å². The Kier molecular flexibility index (Phi) is 3.80. The van der Waals surface area contributed by atoms with Crippen LogP contribution in [0.3, 0.4) is 0 Å². The Morgan fingerprint density at radius 1 is 1.26 bits per heavy atom. The molecule has 104 valence electrons. The number of nitrogens with zero attached hydrogens (tertiary/aromatic N) is 1. The molecule has 2 rings (SSSR count). The fourth-order valence-electron chi connectivity index (χ4n) is 2.19. The van der Waals surface area contributed by atoms with Crippen molar-refractivity contribution in [3.63, 3.8) is 0 Å². The summed E-state index contributed by atoms with van der Waals surface area (Å²) in [6, 6.07) is 8.45. The van der Waals surface area contributed by atoms with Crippen LogP contribution in [0.15, 0.2) is 30.3 Å². The molecule has 1 aliphatic heterocycles. The minimum atomic E-state index is -4.25. The number of hydrogen-bond acceptors (Lipinski definition) is 2. The molecular formula is C13H15F3N2O. The van der Waals surface area contributed by atoms with Gasteiger partial charge in [-0.15, -0.1) is 0 Å². The molecule has 2 atom stereocenters. The lowest BCUT2D eigenvalue weighted by Crippen LogP contribution is -2.37. The van der Waals surface area contributed by atoms with E-state index < -0.39 is 18.6 Å². The first-order valence-corrected chi connectivity index (χ1v) is 6.07. The van der Waals surface area contributed by atoms with Gasteiger partial charge in [-0.1, -0.05) is 30.3 Å². The molecule has 1 N–H and O–H groups in total. The summed E-state index contributed by atoms with van der Waals surface area (Å²) >= 11 is 0. The number of carbonyl (C=O) groups is 1. The lowest BCUT2D eigenvalue weighted by Gasteiger charge is -2.21. The molecular weight excluding hydrogens is 257 g/mol. The summed E-state index contributed by atoms with van der Waals surface area (Å²) in [4.78, 5) is 13.4. The van der Waals surface area contributed by atoms with E-state index in [0.29, 0.717) is 0 Å². The van der Waals surface area contributed by atoms with Gasteiger partial charge >= 0.3 is 6.18 Å². The molecule has 2 unspecified atom stereocenters. The second-order valence-corrected chi connectivity index (χ2v) is 4.58. The Balaban J connectivity index is 2.06. The molecule has 0 aromatic heterocycles. The second-order valence-electron chi connectivity index (χ2n) is 4.58. The van der Waals surface area contributed by atoms with Crippen molar-refractivity contribution in [2.45, 2.75) is 31.7 Å². The third-order valence-electron chi connectivity index (χ3n) is 3.17. The molecule has 19 heavy (non-hydrogen) atoms. The van der Waals surface area contributed by atoms with E-state index in [-0.39, 0.29) is 18.6 Å². The van der Waals surface area contributed by atoms with Crippen LogP contribution in [0.5, 0.6) is 0 Å². The van der Waals surface area contributed by atoms with Crippen LogP contribution < -0.4 is 5.32 Å². The topological polar surface area (TPSA) is 32.3 Å². The Morgan fingerprint density at radius 3 is 2.47 bits per heavy atom. The fraction of sp³-hybridized carbons (Fsp3) is 0.462. The summed E-state index contributed by atoms with van der Waals surface area (Å²) in [6.07, 6.45) is -5.61. The van der Waals surface area contributed by atoms with Crippen molar-refractivity contribution in [2.75, 3.05) is 6.54 Å². The molecule has 0 spiro atoms. The number of alkyl halides is 3. The smallest absolute Gasteiger partial charge is 0.325 e. The fourth-order valence-corrected chi connectivity index (χ4v) is 2.19. The lowest BCUT2D eigenvalue weighted by atomic mass is 10.1. The molecule has 1 aliphatic rings. The van der Waals surface area contributed by atoms with Crippen LogP contribution in [0.25, 0.3) is 0 Å². The van der Waals surface area contributed by atoms with E-state index in [4.69, 9.17) is 0 Å². The number of carbonyl (C=O) groups excluding carboxylic acids is 1. The van der Waals surface area contributed by atoms with Crippen LogP contribution in [0.2, 0.25) is 0 Å². The van der Waals surface area contributed by atoms with E-state index in [1.54, 1.807) is 31.2 Å². The largest absolute Gasteiger partial charge is 0.390 e. The number of benzene rings is 1. The first-order chi connectivity index (χ1) is 8.88. The second kappa shape index (κ2) is 5.21. The van der Waals surface area contributed by atoms with Crippen molar-refractivity contribution < 1.29 is 18.0 Å². The van der Waals surface area contributed by atoms with Gasteiger partial charge in [-0.3, -0.25) is 10.1 Å². The molecule has 1 aromatic carbocycles. The van der Waals surface area contributed by atoms with Crippen molar-refractivity contribution in [3.05, 3.63) is 35.9 Å². The molecule has 6 heteroatoms. The average Bonchev–Trinajstić information content (AvgIpc) is 2.63. The molecule has 0 bridgehead atoms. The Hall–Kier alpha value is -1.56. The zero-order valence-corrected chi connectivity index (χ0v) is 10.4. The maximum Gasteiger partial charge on any atom is 0.390 e. The highest BCUT2D eigenvalue weighted by molar-refractivity contribution is 5.85. The van der Waals surface area contributed by atoms with Gasteiger partial charge in [0.05, 0.1) is 12.6 Å². The summed E-state index contributed by atoms with van der Waals surface area (Å²) in [5.74, 6) is -0.303. The normalized spacial score (nSPS) is 24.0. The standard InChI is InChI=1S/C13H15F3N2O/c1-9-17-11(10-5-3-2-4-6-10)12(19)18(9)8-7-13(14,15)16/h2-6,9,11,17H,7-8H2,1H3. The van der Waals surface area contributed by atoms with Gasteiger partial charge in [-0.25, -0.2) is 0 Å². The number of hydrogen-bond donors (Lipinski definition) is 1. The molecule has 0 radical (unpaired) electrons. The predicted molar refractivity (Wildman–Crippen MR) is 64.2 cm³/mol. The molecule has 1 fully saturated rings. The quantitative estimate of drug-likeness (QED) is 0.916. The number of rotatable bonds is 3. The minimum Gasteiger partial charge on any atom is -0.325 e. The molecule has 1 aromatic rings. The summed E-state index contributed by atoms with van der Waals surface area (Å²) < 4.78 is 36.7. The van der Waals surface area contributed by atoms with Gasteiger partial charge in [0, 0.05) is 6.54 Å². The maximum atomic E-state index is 12.2. The number of amides is 1. The number of halogens is 3. The molecule has 0 saturated carbocycles. The van der Waals surface area contributed by atoms with Crippen molar-refractivity contribution in [1.29, 1.82) is 0 Å². The summed E-state index contributed by atoms with van der Waals surface area (Å²) in [5.41, 5.74) is 0.772. The molecule has 1 saturated heterocycles. The molecule has 0 aliphatic carbocycles. The van der Waals surface area contributed by atoms with Crippen molar-refractivity contribution in [2.24, 2.45) is 0 Å². The zero-order chi connectivity index (χ0) is 14.0. The van der Waals surface area contributed by atoms with Crippen LogP contribution >= 0.6 is 0 Å². The summed E-state index contributed by atoms with van der Waals surface area (Å²) in [7, 11) is 0. The van der Waals surface area contributed by atoms with Gasteiger partial charge in [-0.05, 0) is 12.5 Å². The Morgan fingerprint density at radius 2 is 1.89 bits per heavy atom. The SMILES string of the molecule is CC1NC(c2ccccc2)C(=O)N1CCC(F)(F)F. The Bertz CT molecular complexity index is 447. The van der Waals surface area contributed by atoms with Gasteiger partial charge in [0.15, 0.2) is 0 Å². The minimum absolute atomic E-state index is 0.303. The summed E-state index contributed by atoms with van der Waals surface area (Å²) in [6.45, 7) is 1.39. The zero-order valence-electron chi connectivity index (χ0n) is 10.4. The monoisotopic (exact) mass is 272 g/mol. The Labute approximate surface area is 109 Å². The predicted octanol–water partition coefficient (Wildman–Crippen LogP) is 2.46. The van der Waals surface area contributed by atoms with Gasteiger partial charge < -0.3 is 4.90 Å². The summed E-state index contributed by atoms with van der Waals surface area (Å²) in [5, 5.41) is 3.02. The van der Waals surface area contributed by atoms with E-state index in [0.717, 1.165) is 5.56 Å². The lowest BCUT2D eigenvalue weighted by molar-refractivity contribution is -0.144. The van der Waals surface area contributed by atoms with E-state index in [1.807, 2.05) is 6.07 Å². The third-order valence-corrected chi connectivity index (χ3v) is 3.17. The maximum absolute atomic E-state index is 12.2. The van der Waals surface area contributed by atoms with Crippen LogP contribution in [0.1, 0.15) is 24.9 Å². The highest BCUT2D eigenvalue weighted by Crippen LogP contribution is 2.26. The molecule has 1 amide bonds. The van der Waals surface area contributed by atoms with Gasteiger partial charge in [0.25, 0.3) is 0 Å².